The van der Waals surface area contributed by atoms with Gasteiger partial charge in [-0.05, 0) is 37.0 Å². The first-order valence-corrected chi connectivity index (χ1v) is 13.0. The van der Waals surface area contributed by atoms with E-state index in [4.69, 9.17) is 4.43 Å². The van der Waals surface area contributed by atoms with Crippen LogP contribution in [0.1, 0.15) is 52.7 Å². The minimum Gasteiger partial charge on any atom is -0.414 e. The predicted octanol–water partition coefficient (Wildman–Crippen LogP) is 3.98. The molecule has 0 spiro atoms. The van der Waals surface area contributed by atoms with Gasteiger partial charge in [-0.1, -0.05) is 58.0 Å². The van der Waals surface area contributed by atoms with E-state index in [1.54, 1.807) is 11.9 Å². The molecule has 6 heteroatoms. The Labute approximate surface area is 171 Å². The second-order valence-corrected chi connectivity index (χ2v) is 14.2. The number of aliphatic hydroxyl groups excluding tert-OH is 2. The van der Waals surface area contributed by atoms with E-state index in [1.165, 1.54) is 0 Å². The van der Waals surface area contributed by atoms with Crippen LogP contribution in [0.25, 0.3) is 0 Å². The van der Waals surface area contributed by atoms with E-state index in [1.807, 2.05) is 44.2 Å². The Kier molecular flexibility index (Phi) is 8.87. The van der Waals surface area contributed by atoms with Gasteiger partial charge in [0.25, 0.3) is 0 Å². The van der Waals surface area contributed by atoms with Crippen LogP contribution < -0.4 is 0 Å². The summed E-state index contributed by atoms with van der Waals surface area (Å²) in [5.74, 6) is -0.442. The van der Waals surface area contributed by atoms with E-state index in [2.05, 4.69) is 33.9 Å². The summed E-state index contributed by atoms with van der Waals surface area (Å²) in [6.07, 6.45) is -1.10. The largest absolute Gasteiger partial charge is 0.414 e. The molecule has 0 unspecified atom stereocenters. The van der Waals surface area contributed by atoms with Crippen LogP contribution >= 0.6 is 0 Å². The summed E-state index contributed by atoms with van der Waals surface area (Å²) in [6, 6.07) is 8.97. The summed E-state index contributed by atoms with van der Waals surface area (Å²) in [5, 5.41) is 21.0. The minimum absolute atomic E-state index is 0.0807. The van der Waals surface area contributed by atoms with E-state index in [0.717, 1.165) is 5.56 Å². The second-order valence-electron chi connectivity index (χ2n) is 9.41. The molecule has 5 nitrogen and oxygen atoms in total. The van der Waals surface area contributed by atoms with E-state index in [9.17, 15) is 15.0 Å². The standard InChI is InChI=1S/C22H39NO4Si/c1-16(14-19(24)15-27-28(7,8)22(3,4)5)21(26)23(6)17(2)20(25)18-12-10-9-11-13-18/h9-13,16-17,19-20,24-25H,14-15H2,1-8H3/t16-,17-,19+,20+/m0/s1. The van der Waals surface area contributed by atoms with Crippen LogP contribution in [0, 0.1) is 5.92 Å². The Bertz CT molecular complexity index is 615. The van der Waals surface area contributed by atoms with Gasteiger partial charge < -0.3 is 19.5 Å². The molecule has 0 aliphatic heterocycles. The van der Waals surface area contributed by atoms with Crippen molar-refractivity contribution in [2.75, 3.05) is 13.7 Å². The predicted molar refractivity (Wildman–Crippen MR) is 117 cm³/mol. The SMILES string of the molecule is C[C@@H](C[C@@H](O)CO[Si](C)(C)C(C)(C)C)C(=O)N(C)[C@@H](C)[C@@H](O)c1ccccc1. The average molecular weight is 410 g/mol. The number of nitrogens with zero attached hydrogens (tertiary/aromatic N) is 1. The number of hydrogen-bond donors (Lipinski definition) is 2. The molecule has 0 fully saturated rings. The molecule has 160 valence electrons. The molecule has 1 rings (SSSR count). The topological polar surface area (TPSA) is 70.0 Å². The highest BCUT2D eigenvalue weighted by molar-refractivity contribution is 6.74. The molecule has 0 saturated heterocycles. The number of carbonyl (C=O) groups is 1. The fourth-order valence-electron chi connectivity index (χ4n) is 2.79. The molecular weight excluding hydrogens is 370 g/mol. The highest BCUT2D eigenvalue weighted by Crippen LogP contribution is 2.36. The Morgan fingerprint density at radius 2 is 1.68 bits per heavy atom. The van der Waals surface area contributed by atoms with Gasteiger partial charge in [0, 0.05) is 13.0 Å². The van der Waals surface area contributed by atoms with Gasteiger partial charge in [0.15, 0.2) is 8.32 Å². The van der Waals surface area contributed by atoms with Gasteiger partial charge in [0.2, 0.25) is 5.91 Å². The smallest absolute Gasteiger partial charge is 0.225 e. The molecule has 28 heavy (non-hydrogen) atoms. The summed E-state index contributed by atoms with van der Waals surface area (Å²) >= 11 is 0. The third-order valence-corrected chi connectivity index (χ3v) is 10.5. The van der Waals surface area contributed by atoms with Crippen molar-refractivity contribution in [2.24, 2.45) is 5.92 Å². The van der Waals surface area contributed by atoms with Crippen LogP contribution in [-0.2, 0) is 9.22 Å². The fraction of sp³-hybridized carbons (Fsp3) is 0.682. The highest BCUT2D eigenvalue weighted by Gasteiger charge is 2.37. The summed E-state index contributed by atoms with van der Waals surface area (Å²) in [7, 11) is -0.224. The van der Waals surface area contributed by atoms with Crippen LogP contribution in [0.15, 0.2) is 30.3 Å². The minimum atomic E-state index is -1.93. The maximum absolute atomic E-state index is 12.8. The Morgan fingerprint density at radius 3 is 2.18 bits per heavy atom. The fourth-order valence-corrected chi connectivity index (χ4v) is 3.83. The Hall–Kier alpha value is -1.21. The molecule has 0 bridgehead atoms. The molecule has 0 aromatic heterocycles. The molecule has 4 atom stereocenters. The van der Waals surface area contributed by atoms with E-state index in [-0.39, 0.29) is 29.5 Å². The number of likely N-dealkylation sites (N-methyl/N-ethyl adjacent to an activating group) is 1. The van der Waals surface area contributed by atoms with E-state index in [0.29, 0.717) is 6.42 Å². The summed E-state index contributed by atoms with van der Waals surface area (Å²) in [5.41, 5.74) is 0.783. The third-order valence-electron chi connectivity index (χ3n) is 6.05. The van der Waals surface area contributed by atoms with Crippen molar-refractivity contribution in [2.45, 2.75) is 77.4 Å². The van der Waals surface area contributed by atoms with Gasteiger partial charge >= 0.3 is 0 Å². The zero-order valence-corrected chi connectivity index (χ0v) is 19.8. The average Bonchev–Trinajstić information content (AvgIpc) is 2.63. The monoisotopic (exact) mass is 409 g/mol. The van der Waals surface area contributed by atoms with Crippen molar-refractivity contribution in [3.8, 4) is 0 Å². The summed E-state index contributed by atoms with van der Waals surface area (Å²) < 4.78 is 6.06. The van der Waals surface area contributed by atoms with Crippen LogP contribution in [0.3, 0.4) is 0 Å². The molecule has 0 heterocycles. The molecule has 2 N–H and O–H groups in total. The second kappa shape index (κ2) is 10.0. The van der Waals surface area contributed by atoms with Crippen LogP contribution in [0.4, 0.5) is 0 Å². The molecule has 1 aromatic carbocycles. The molecule has 0 aliphatic carbocycles. The molecule has 1 aromatic rings. The van der Waals surface area contributed by atoms with E-state index >= 15 is 0 Å². The van der Waals surface area contributed by atoms with Gasteiger partial charge in [-0.15, -0.1) is 0 Å². The van der Waals surface area contributed by atoms with Gasteiger partial charge in [0.1, 0.15) is 0 Å². The third kappa shape index (κ3) is 6.69. The maximum atomic E-state index is 12.8. The lowest BCUT2D eigenvalue weighted by molar-refractivity contribution is -0.139. The zero-order chi connectivity index (χ0) is 21.7. The molecule has 0 aliphatic rings. The first kappa shape index (κ1) is 24.8. The van der Waals surface area contributed by atoms with Crippen LogP contribution in [0.2, 0.25) is 18.1 Å². The van der Waals surface area contributed by atoms with Gasteiger partial charge in [-0.25, -0.2) is 0 Å². The summed E-state index contributed by atoms with van der Waals surface area (Å²) in [4.78, 5) is 14.4. The van der Waals surface area contributed by atoms with Crippen molar-refractivity contribution >= 4 is 14.2 Å². The summed E-state index contributed by atoms with van der Waals surface area (Å²) in [6.45, 7) is 14.7. The Morgan fingerprint density at radius 1 is 1.14 bits per heavy atom. The number of rotatable bonds is 9. The molecule has 0 saturated carbocycles. The maximum Gasteiger partial charge on any atom is 0.225 e. The molecule has 0 radical (unpaired) electrons. The zero-order valence-electron chi connectivity index (χ0n) is 18.8. The van der Waals surface area contributed by atoms with Crippen molar-refractivity contribution in [1.82, 2.24) is 4.90 Å². The van der Waals surface area contributed by atoms with Gasteiger partial charge in [0.05, 0.1) is 24.9 Å². The molecule has 1 amide bonds. The van der Waals surface area contributed by atoms with Gasteiger partial charge in [-0.3, -0.25) is 4.79 Å². The lowest BCUT2D eigenvalue weighted by Gasteiger charge is -2.37. The number of amides is 1. The first-order valence-electron chi connectivity index (χ1n) is 10.1. The van der Waals surface area contributed by atoms with E-state index < -0.39 is 20.5 Å². The Balaban J connectivity index is 2.61. The lowest BCUT2D eigenvalue weighted by atomic mass is 9.99. The van der Waals surface area contributed by atoms with Crippen molar-refractivity contribution in [1.29, 1.82) is 0 Å². The van der Waals surface area contributed by atoms with Gasteiger partial charge in [-0.2, -0.15) is 0 Å². The first-order chi connectivity index (χ1) is 12.8. The van der Waals surface area contributed by atoms with Crippen molar-refractivity contribution in [3.63, 3.8) is 0 Å². The van der Waals surface area contributed by atoms with Crippen molar-refractivity contribution in [3.05, 3.63) is 35.9 Å². The van der Waals surface area contributed by atoms with Crippen LogP contribution in [0.5, 0.6) is 0 Å². The number of benzene rings is 1. The number of hydrogen-bond acceptors (Lipinski definition) is 4. The number of aliphatic hydroxyl groups is 2. The van der Waals surface area contributed by atoms with Crippen molar-refractivity contribution < 1.29 is 19.4 Å². The van der Waals surface area contributed by atoms with Crippen LogP contribution in [-0.4, -0.2) is 55.1 Å². The quantitative estimate of drug-likeness (QED) is 0.605. The normalized spacial score (nSPS) is 16.9. The number of carbonyl (C=O) groups excluding carboxylic acids is 1. The molecular formula is C22H39NO4Si. The lowest BCUT2D eigenvalue weighted by Crippen LogP contribution is -2.44. The highest BCUT2D eigenvalue weighted by atomic mass is 28.4.